The minimum absolute atomic E-state index is 0.0800. The molecular weight excluding hydrogens is 240 g/mol. The van der Waals surface area contributed by atoms with Crippen LogP contribution in [0.4, 0.5) is 5.69 Å². The van der Waals surface area contributed by atoms with Gasteiger partial charge in [-0.1, -0.05) is 6.07 Å². The summed E-state index contributed by atoms with van der Waals surface area (Å²) in [5.41, 5.74) is 3.81. The average molecular weight is 258 g/mol. The van der Waals surface area contributed by atoms with Crippen LogP contribution in [0.2, 0.25) is 0 Å². The summed E-state index contributed by atoms with van der Waals surface area (Å²) in [5, 5.41) is 10.1. The van der Waals surface area contributed by atoms with E-state index in [0.29, 0.717) is 12.1 Å². The predicted molar refractivity (Wildman–Crippen MR) is 75.1 cm³/mol. The van der Waals surface area contributed by atoms with Crippen LogP contribution in [-0.4, -0.2) is 22.7 Å². The quantitative estimate of drug-likeness (QED) is 0.877. The number of carbonyl (C=O) groups is 1. The highest BCUT2D eigenvalue weighted by molar-refractivity contribution is 5.95. The Morgan fingerprint density at radius 3 is 2.79 bits per heavy atom. The molecule has 0 saturated carbocycles. The van der Waals surface area contributed by atoms with Crippen LogP contribution in [0, 0.1) is 6.92 Å². The Balaban J connectivity index is 2.15. The van der Waals surface area contributed by atoms with E-state index in [1.807, 2.05) is 42.9 Å². The van der Waals surface area contributed by atoms with Crippen molar-refractivity contribution in [3.63, 3.8) is 0 Å². The first kappa shape index (κ1) is 13.1. The van der Waals surface area contributed by atoms with Gasteiger partial charge in [-0.2, -0.15) is 5.10 Å². The van der Waals surface area contributed by atoms with Crippen molar-refractivity contribution in [2.75, 3.05) is 12.4 Å². The van der Waals surface area contributed by atoms with E-state index in [1.54, 1.807) is 13.2 Å². The summed E-state index contributed by atoms with van der Waals surface area (Å²) in [4.78, 5) is 11.6. The van der Waals surface area contributed by atoms with Crippen LogP contribution in [0.5, 0.6) is 0 Å². The maximum Gasteiger partial charge on any atom is 0.251 e. The Hall–Kier alpha value is -2.30. The van der Waals surface area contributed by atoms with E-state index >= 15 is 0 Å². The topological polar surface area (TPSA) is 59.0 Å². The lowest BCUT2D eigenvalue weighted by atomic mass is 10.1. The minimum Gasteiger partial charge on any atom is -0.379 e. The molecule has 100 valence electrons. The Bertz CT molecular complexity index is 589. The van der Waals surface area contributed by atoms with Crippen LogP contribution in [0.15, 0.2) is 30.5 Å². The normalized spacial score (nSPS) is 10.3. The Kier molecular flexibility index (Phi) is 3.85. The van der Waals surface area contributed by atoms with Gasteiger partial charge in [-0.3, -0.25) is 9.48 Å². The van der Waals surface area contributed by atoms with E-state index in [1.165, 1.54) is 0 Å². The molecule has 0 spiro atoms. The van der Waals surface area contributed by atoms with Gasteiger partial charge in [0.2, 0.25) is 0 Å². The molecule has 2 N–H and O–H groups in total. The third-order valence-electron chi connectivity index (χ3n) is 3.11. The van der Waals surface area contributed by atoms with E-state index in [4.69, 9.17) is 0 Å². The fourth-order valence-electron chi connectivity index (χ4n) is 1.86. The molecule has 19 heavy (non-hydrogen) atoms. The number of anilines is 1. The standard InChI is InChI=1S/C14H18N4O/c1-10-4-5-11(14(19)15-2)8-13(10)16-9-12-6-7-17-18(12)3/h4-8,16H,9H2,1-3H3,(H,15,19). The molecule has 1 heterocycles. The van der Waals surface area contributed by atoms with Crippen molar-refractivity contribution >= 4 is 11.6 Å². The monoisotopic (exact) mass is 258 g/mol. The molecule has 0 radical (unpaired) electrons. The molecular formula is C14H18N4O. The van der Waals surface area contributed by atoms with E-state index in [0.717, 1.165) is 16.9 Å². The van der Waals surface area contributed by atoms with Gasteiger partial charge in [-0.05, 0) is 30.7 Å². The lowest BCUT2D eigenvalue weighted by molar-refractivity contribution is 0.0963. The van der Waals surface area contributed by atoms with Gasteiger partial charge in [0.1, 0.15) is 0 Å². The number of aryl methyl sites for hydroxylation is 2. The number of hydrogen-bond acceptors (Lipinski definition) is 3. The third-order valence-corrected chi connectivity index (χ3v) is 3.11. The number of rotatable bonds is 4. The number of aromatic nitrogens is 2. The zero-order valence-electron chi connectivity index (χ0n) is 11.4. The predicted octanol–water partition coefficient (Wildman–Crippen LogP) is 1.70. The number of hydrogen-bond donors (Lipinski definition) is 2. The molecule has 0 aliphatic carbocycles. The summed E-state index contributed by atoms with van der Waals surface area (Å²) in [6.07, 6.45) is 1.77. The highest BCUT2D eigenvalue weighted by Gasteiger charge is 2.06. The van der Waals surface area contributed by atoms with Gasteiger partial charge in [-0.15, -0.1) is 0 Å². The molecule has 1 aromatic carbocycles. The van der Waals surface area contributed by atoms with Crippen molar-refractivity contribution in [2.45, 2.75) is 13.5 Å². The van der Waals surface area contributed by atoms with Gasteiger partial charge in [0.05, 0.1) is 12.2 Å². The SMILES string of the molecule is CNC(=O)c1ccc(C)c(NCc2ccnn2C)c1. The molecule has 0 aliphatic rings. The Morgan fingerprint density at radius 1 is 1.37 bits per heavy atom. The first-order valence-corrected chi connectivity index (χ1v) is 6.15. The van der Waals surface area contributed by atoms with Crippen LogP contribution in [0.3, 0.4) is 0 Å². The molecule has 2 aromatic rings. The van der Waals surface area contributed by atoms with E-state index in [2.05, 4.69) is 15.7 Å². The van der Waals surface area contributed by atoms with Gasteiger partial charge < -0.3 is 10.6 Å². The molecule has 0 atom stereocenters. The maximum atomic E-state index is 11.6. The number of nitrogens with one attached hydrogen (secondary N) is 2. The minimum atomic E-state index is -0.0800. The van der Waals surface area contributed by atoms with Gasteiger partial charge in [0.25, 0.3) is 5.91 Å². The Labute approximate surface area is 112 Å². The van der Waals surface area contributed by atoms with Gasteiger partial charge >= 0.3 is 0 Å². The van der Waals surface area contributed by atoms with Gasteiger partial charge in [-0.25, -0.2) is 0 Å². The summed E-state index contributed by atoms with van der Waals surface area (Å²) in [7, 11) is 3.54. The molecule has 0 saturated heterocycles. The van der Waals surface area contributed by atoms with Crippen molar-refractivity contribution in [1.82, 2.24) is 15.1 Å². The van der Waals surface area contributed by atoms with Crippen LogP contribution in [0.25, 0.3) is 0 Å². The highest BCUT2D eigenvalue weighted by atomic mass is 16.1. The van der Waals surface area contributed by atoms with Crippen LogP contribution in [-0.2, 0) is 13.6 Å². The molecule has 0 aliphatic heterocycles. The smallest absolute Gasteiger partial charge is 0.251 e. The fourth-order valence-corrected chi connectivity index (χ4v) is 1.86. The number of carbonyl (C=O) groups excluding carboxylic acids is 1. The first-order valence-electron chi connectivity index (χ1n) is 6.15. The van der Waals surface area contributed by atoms with Crippen LogP contribution < -0.4 is 10.6 Å². The van der Waals surface area contributed by atoms with E-state index in [9.17, 15) is 4.79 Å². The van der Waals surface area contributed by atoms with Gasteiger partial charge in [0.15, 0.2) is 0 Å². The molecule has 2 rings (SSSR count). The summed E-state index contributed by atoms with van der Waals surface area (Å²) in [5.74, 6) is -0.0800. The summed E-state index contributed by atoms with van der Waals surface area (Å²) in [6, 6.07) is 7.59. The molecule has 0 bridgehead atoms. The molecule has 0 unspecified atom stereocenters. The van der Waals surface area contributed by atoms with Crippen molar-refractivity contribution < 1.29 is 4.79 Å². The molecule has 5 nitrogen and oxygen atoms in total. The van der Waals surface area contributed by atoms with Crippen molar-refractivity contribution in [1.29, 1.82) is 0 Å². The second kappa shape index (κ2) is 5.56. The second-order valence-electron chi connectivity index (χ2n) is 4.41. The molecule has 1 aromatic heterocycles. The number of nitrogens with zero attached hydrogens (tertiary/aromatic N) is 2. The zero-order valence-corrected chi connectivity index (χ0v) is 11.4. The van der Waals surface area contributed by atoms with Crippen molar-refractivity contribution in [3.05, 3.63) is 47.3 Å². The zero-order chi connectivity index (χ0) is 13.8. The fraction of sp³-hybridized carbons (Fsp3) is 0.286. The molecule has 0 fully saturated rings. The first-order chi connectivity index (χ1) is 9.11. The maximum absolute atomic E-state index is 11.6. The second-order valence-corrected chi connectivity index (χ2v) is 4.41. The molecule has 5 heteroatoms. The summed E-state index contributed by atoms with van der Waals surface area (Å²) >= 11 is 0. The Morgan fingerprint density at radius 2 is 2.16 bits per heavy atom. The van der Waals surface area contributed by atoms with Crippen molar-refractivity contribution in [2.24, 2.45) is 7.05 Å². The third kappa shape index (κ3) is 2.93. The number of benzene rings is 1. The summed E-state index contributed by atoms with van der Waals surface area (Å²) in [6.45, 7) is 2.69. The van der Waals surface area contributed by atoms with Gasteiger partial charge in [0, 0.05) is 31.5 Å². The largest absolute Gasteiger partial charge is 0.379 e. The lowest BCUT2D eigenvalue weighted by Crippen LogP contribution is -2.18. The van der Waals surface area contributed by atoms with E-state index < -0.39 is 0 Å². The van der Waals surface area contributed by atoms with Crippen molar-refractivity contribution in [3.8, 4) is 0 Å². The summed E-state index contributed by atoms with van der Waals surface area (Å²) < 4.78 is 1.82. The molecule has 1 amide bonds. The van der Waals surface area contributed by atoms with E-state index in [-0.39, 0.29) is 5.91 Å². The lowest BCUT2D eigenvalue weighted by Gasteiger charge is -2.11. The number of amides is 1. The van der Waals surface area contributed by atoms with Crippen LogP contribution in [0.1, 0.15) is 21.6 Å². The average Bonchev–Trinajstić information content (AvgIpc) is 2.82. The highest BCUT2D eigenvalue weighted by Crippen LogP contribution is 2.17. The van der Waals surface area contributed by atoms with Crippen LogP contribution >= 0.6 is 0 Å².